The average molecular weight is 351 g/mol. The maximum absolute atomic E-state index is 5.88. The molecule has 1 atom stereocenters. The first-order valence-electron chi connectivity index (χ1n) is 7.62. The molecule has 0 amide bonds. The molecule has 1 fully saturated rings. The van der Waals surface area contributed by atoms with Gasteiger partial charge in [-0.25, -0.2) is 0 Å². The van der Waals surface area contributed by atoms with E-state index in [1.165, 1.54) is 0 Å². The first-order valence-corrected chi connectivity index (χ1v) is 8.41. The summed E-state index contributed by atoms with van der Waals surface area (Å²) in [4.78, 5) is 0. The molecule has 122 valence electrons. The van der Waals surface area contributed by atoms with E-state index in [0.29, 0.717) is 16.7 Å². The molecule has 23 heavy (non-hydrogen) atoms. The van der Waals surface area contributed by atoms with Crippen LogP contribution in [-0.4, -0.2) is 34.1 Å². The molecular weight excluding hydrogens is 332 g/mol. The van der Waals surface area contributed by atoms with Crippen LogP contribution >= 0.6 is 23.8 Å². The van der Waals surface area contributed by atoms with Crippen molar-refractivity contribution in [2.45, 2.75) is 25.5 Å². The van der Waals surface area contributed by atoms with Crippen LogP contribution in [0, 0.1) is 0 Å². The molecule has 0 spiro atoms. The molecule has 1 aliphatic heterocycles. The summed E-state index contributed by atoms with van der Waals surface area (Å²) in [5, 5.41) is 11.8. The summed E-state index contributed by atoms with van der Waals surface area (Å²) < 4.78 is 7.37. The minimum absolute atomic E-state index is 0.269. The highest BCUT2D eigenvalue weighted by atomic mass is 35.5. The molecule has 2 aromatic rings. The summed E-state index contributed by atoms with van der Waals surface area (Å²) in [6.07, 6.45) is 5.93. The molecule has 1 saturated heterocycles. The van der Waals surface area contributed by atoms with E-state index < -0.39 is 0 Å². The molecule has 0 unspecified atom stereocenters. The van der Waals surface area contributed by atoms with Gasteiger partial charge in [0, 0.05) is 25.0 Å². The second-order valence-corrected chi connectivity index (χ2v) is 6.37. The van der Waals surface area contributed by atoms with Gasteiger partial charge < -0.3 is 15.4 Å². The van der Waals surface area contributed by atoms with Crippen LogP contribution in [0.4, 0.5) is 5.69 Å². The molecule has 2 N–H and O–H groups in total. The molecule has 2 heterocycles. The van der Waals surface area contributed by atoms with Gasteiger partial charge in [0.1, 0.15) is 0 Å². The van der Waals surface area contributed by atoms with E-state index in [2.05, 4.69) is 21.8 Å². The largest absolute Gasteiger partial charge is 0.376 e. The van der Waals surface area contributed by atoms with Gasteiger partial charge >= 0.3 is 0 Å². The minimum atomic E-state index is 0.269. The quantitative estimate of drug-likeness (QED) is 0.812. The maximum Gasteiger partial charge on any atom is 0.170 e. The van der Waals surface area contributed by atoms with Crippen molar-refractivity contribution in [3.05, 3.63) is 47.2 Å². The van der Waals surface area contributed by atoms with Crippen LogP contribution in [0.15, 0.2) is 36.7 Å². The molecule has 7 heteroatoms. The summed E-state index contributed by atoms with van der Waals surface area (Å²) in [6.45, 7) is 2.27. The SMILES string of the molecule is S=C(NC[C@H]1CCCO1)Nc1cccc(Cn2cc(Cl)cn2)c1. The fraction of sp³-hybridized carbons (Fsp3) is 0.375. The first kappa shape index (κ1) is 16.2. The predicted molar refractivity (Wildman–Crippen MR) is 96.0 cm³/mol. The lowest BCUT2D eigenvalue weighted by molar-refractivity contribution is 0.114. The third-order valence-corrected chi connectivity index (χ3v) is 4.09. The Hall–Kier alpha value is -1.63. The molecule has 1 aromatic carbocycles. The number of aromatic nitrogens is 2. The Morgan fingerprint density at radius 2 is 2.39 bits per heavy atom. The Morgan fingerprint density at radius 3 is 3.13 bits per heavy atom. The van der Waals surface area contributed by atoms with E-state index in [9.17, 15) is 0 Å². The van der Waals surface area contributed by atoms with Crippen LogP contribution in [0.2, 0.25) is 5.02 Å². The summed E-state index contributed by atoms with van der Waals surface area (Å²) >= 11 is 11.2. The molecule has 1 aromatic heterocycles. The number of halogens is 1. The second-order valence-electron chi connectivity index (χ2n) is 5.53. The average Bonchev–Trinajstić information content (AvgIpc) is 3.17. The van der Waals surface area contributed by atoms with Crippen molar-refractivity contribution in [2.24, 2.45) is 0 Å². The van der Waals surface area contributed by atoms with Gasteiger partial charge in [0.25, 0.3) is 0 Å². The van der Waals surface area contributed by atoms with Gasteiger partial charge in [0.05, 0.1) is 23.9 Å². The number of nitrogens with zero attached hydrogens (tertiary/aromatic N) is 2. The lowest BCUT2D eigenvalue weighted by Crippen LogP contribution is -2.34. The highest BCUT2D eigenvalue weighted by Crippen LogP contribution is 2.14. The van der Waals surface area contributed by atoms with Crippen molar-refractivity contribution < 1.29 is 4.74 Å². The molecule has 0 saturated carbocycles. The summed E-state index contributed by atoms with van der Waals surface area (Å²) in [5.41, 5.74) is 2.07. The van der Waals surface area contributed by atoms with Crippen LogP contribution in [0.5, 0.6) is 0 Å². The highest BCUT2D eigenvalue weighted by Gasteiger charge is 2.15. The molecule has 0 bridgehead atoms. The lowest BCUT2D eigenvalue weighted by atomic mass is 10.2. The number of hydrogen-bond acceptors (Lipinski definition) is 3. The van der Waals surface area contributed by atoms with Crippen LogP contribution in [0.25, 0.3) is 0 Å². The Balaban J connectivity index is 1.53. The van der Waals surface area contributed by atoms with Crippen LogP contribution in [0.1, 0.15) is 18.4 Å². The summed E-state index contributed by atoms with van der Waals surface area (Å²) in [7, 11) is 0. The number of nitrogens with one attached hydrogen (secondary N) is 2. The van der Waals surface area contributed by atoms with Crippen molar-refractivity contribution in [3.8, 4) is 0 Å². The van der Waals surface area contributed by atoms with Crippen molar-refractivity contribution >= 4 is 34.6 Å². The van der Waals surface area contributed by atoms with Gasteiger partial charge in [-0.3, -0.25) is 4.68 Å². The molecule has 5 nitrogen and oxygen atoms in total. The van der Waals surface area contributed by atoms with Gasteiger partial charge in [-0.2, -0.15) is 5.10 Å². The number of anilines is 1. The van der Waals surface area contributed by atoms with Crippen LogP contribution < -0.4 is 10.6 Å². The topological polar surface area (TPSA) is 51.1 Å². The van der Waals surface area contributed by atoms with E-state index in [1.54, 1.807) is 17.1 Å². The zero-order chi connectivity index (χ0) is 16.1. The van der Waals surface area contributed by atoms with Gasteiger partial charge in [-0.05, 0) is 42.8 Å². The minimum Gasteiger partial charge on any atom is -0.376 e. The predicted octanol–water partition coefficient (Wildman–Crippen LogP) is 3.05. The van der Waals surface area contributed by atoms with Gasteiger partial charge in [-0.1, -0.05) is 23.7 Å². The van der Waals surface area contributed by atoms with E-state index in [0.717, 1.165) is 37.2 Å². The number of hydrogen-bond donors (Lipinski definition) is 2. The third-order valence-electron chi connectivity index (χ3n) is 3.65. The van der Waals surface area contributed by atoms with E-state index in [-0.39, 0.29) is 6.10 Å². The second kappa shape index (κ2) is 7.77. The molecule has 0 aliphatic carbocycles. The highest BCUT2D eigenvalue weighted by molar-refractivity contribution is 7.80. The molecule has 1 aliphatic rings. The summed E-state index contributed by atoms with van der Waals surface area (Å²) in [5.74, 6) is 0. The van der Waals surface area contributed by atoms with Crippen LogP contribution in [0.3, 0.4) is 0 Å². The fourth-order valence-corrected chi connectivity index (χ4v) is 2.90. The lowest BCUT2D eigenvalue weighted by Gasteiger charge is -2.14. The first-order chi connectivity index (χ1) is 11.2. The zero-order valence-corrected chi connectivity index (χ0v) is 14.2. The number of rotatable bonds is 5. The molecular formula is C16H19ClN4OS. The third kappa shape index (κ3) is 4.92. The zero-order valence-electron chi connectivity index (χ0n) is 12.7. The Labute approximate surface area is 146 Å². The monoisotopic (exact) mass is 350 g/mol. The van der Waals surface area contributed by atoms with Crippen molar-refractivity contribution in [3.63, 3.8) is 0 Å². The van der Waals surface area contributed by atoms with Gasteiger partial charge in [-0.15, -0.1) is 0 Å². The van der Waals surface area contributed by atoms with Crippen LogP contribution in [-0.2, 0) is 11.3 Å². The molecule has 0 radical (unpaired) electrons. The van der Waals surface area contributed by atoms with E-state index in [4.69, 9.17) is 28.6 Å². The number of ether oxygens (including phenoxy) is 1. The van der Waals surface area contributed by atoms with Crippen molar-refractivity contribution in [1.29, 1.82) is 0 Å². The van der Waals surface area contributed by atoms with Gasteiger partial charge in [0.15, 0.2) is 5.11 Å². The summed E-state index contributed by atoms with van der Waals surface area (Å²) in [6, 6.07) is 8.07. The Bertz CT molecular complexity index is 670. The van der Waals surface area contributed by atoms with Crippen molar-refractivity contribution in [2.75, 3.05) is 18.5 Å². The normalized spacial score (nSPS) is 17.2. The Kier molecular flexibility index (Phi) is 5.48. The van der Waals surface area contributed by atoms with Gasteiger partial charge in [0.2, 0.25) is 0 Å². The van der Waals surface area contributed by atoms with Crippen molar-refractivity contribution in [1.82, 2.24) is 15.1 Å². The molecule has 3 rings (SSSR count). The smallest absolute Gasteiger partial charge is 0.170 e. The number of thiocarbonyl (C=S) groups is 1. The maximum atomic E-state index is 5.88. The fourth-order valence-electron chi connectivity index (χ4n) is 2.55. The standard InChI is InChI=1S/C16H19ClN4OS/c17-13-8-19-21(11-13)10-12-3-1-4-14(7-12)20-16(23)18-9-15-5-2-6-22-15/h1,3-4,7-8,11,15H,2,5-6,9-10H2,(H2,18,20,23)/t15-/m1/s1. The number of benzene rings is 1. The van der Waals surface area contributed by atoms with E-state index >= 15 is 0 Å². The van der Waals surface area contributed by atoms with E-state index in [1.807, 2.05) is 18.2 Å². The Morgan fingerprint density at radius 1 is 1.48 bits per heavy atom.